The van der Waals surface area contributed by atoms with Gasteiger partial charge in [-0.1, -0.05) is 45.4 Å². The van der Waals surface area contributed by atoms with Gasteiger partial charge in [0.15, 0.2) is 0 Å². The van der Waals surface area contributed by atoms with Gasteiger partial charge in [0.25, 0.3) is 0 Å². The third kappa shape index (κ3) is 1.67. The molecule has 0 saturated carbocycles. The highest BCUT2D eigenvalue weighted by Crippen LogP contribution is 2.63. The van der Waals surface area contributed by atoms with Crippen LogP contribution in [0.1, 0.15) is 46.1 Å². The molecular weight excluding hydrogens is 314 g/mol. The lowest BCUT2D eigenvalue weighted by Gasteiger charge is -2.51. The molecule has 130 valence electrons. The number of carbonyl (C=O) groups is 2. The molecule has 2 aliphatic heterocycles. The van der Waals surface area contributed by atoms with E-state index in [0.29, 0.717) is 11.1 Å². The van der Waals surface area contributed by atoms with Crippen LogP contribution in [0.25, 0.3) is 5.57 Å². The second kappa shape index (κ2) is 4.84. The topological polar surface area (TPSA) is 46.6 Å². The number of rotatable bonds is 2. The summed E-state index contributed by atoms with van der Waals surface area (Å²) < 4.78 is 5.05. The van der Waals surface area contributed by atoms with Crippen molar-refractivity contribution in [3.8, 4) is 0 Å². The summed E-state index contributed by atoms with van der Waals surface area (Å²) in [5.74, 6) is -0.971. The van der Waals surface area contributed by atoms with Gasteiger partial charge in [0.1, 0.15) is 0 Å². The number of para-hydroxylation sites is 1. The van der Waals surface area contributed by atoms with Gasteiger partial charge in [-0.15, -0.1) is 0 Å². The van der Waals surface area contributed by atoms with Gasteiger partial charge >= 0.3 is 11.9 Å². The van der Waals surface area contributed by atoms with Crippen LogP contribution in [0.3, 0.4) is 0 Å². The van der Waals surface area contributed by atoms with E-state index in [0.717, 1.165) is 29.7 Å². The molecule has 0 radical (unpaired) electrons. The molecule has 25 heavy (non-hydrogen) atoms. The lowest BCUT2D eigenvalue weighted by atomic mass is 9.58. The van der Waals surface area contributed by atoms with Crippen LogP contribution in [-0.4, -0.2) is 24.5 Å². The summed E-state index contributed by atoms with van der Waals surface area (Å²) in [5.41, 5.74) is 4.53. The zero-order valence-electron chi connectivity index (χ0n) is 15.4. The maximum absolute atomic E-state index is 12.6. The number of likely N-dealkylation sites (N-methyl/N-ethyl adjacent to an activating group) is 1. The van der Waals surface area contributed by atoms with Crippen molar-refractivity contribution in [1.29, 1.82) is 0 Å². The molecule has 1 aliphatic carbocycles. The molecule has 0 spiro atoms. The highest BCUT2D eigenvalue weighted by Gasteiger charge is 2.62. The fraction of sp³-hybridized carbons (Fsp3) is 0.429. The molecule has 3 aliphatic rings. The average Bonchev–Trinajstić information content (AvgIpc) is 2.99. The number of hydrogen-bond acceptors (Lipinski definition) is 4. The molecule has 0 fully saturated rings. The normalized spacial score (nSPS) is 26.7. The van der Waals surface area contributed by atoms with Crippen molar-refractivity contribution in [1.82, 2.24) is 0 Å². The number of anilines is 1. The van der Waals surface area contributed by atoms with Gasteiger partial charge in [-0.2, -0.15) is 0 Å². The van der Waals surface area contributed by atoms with Gasteiger partial charge in [0.05, 0.1) is 16.7 Å². The average molecular weight is 337 g/mol. The zero-order valence-corrected chi connectivity index (χ0v) is 15.4. The first-order valence-corrected chi connectivity index (χ1v) is 8.85. The molecule has 0 unspecified atom stereocenters. The lowest BCUT2D eigenvalue weighted by molar-refractivity contribution is -0.151. The van der Waals surface area contributed by atoms with E-state index in [1.165, 1.54) is 5.57 Å². The minimum absolute atomic E-state index is 0.413. The Labute approximate surface area is 148 Å². The van der Waals surface area contributed by atoms with E-state index in [4.69, 9.17) is 4.74 Å². The van der Waals surface area contributed by atoms with Crippen LogP contribution in [0.2, 0.25) is 0 Å². The van der Waals surface area contributed by atoms with E-state index < -0.39 is 22.9 Å². The van der Waals surface area contributed by atoms with Crippen LogP contribution < -0.4 is 4.90 Å². The van der Waals surface area contributed by atoms with Gasteiger partial charge in [0.2, 0.25) is 0 Å². The summed E-state index contributed by atoms with van der Waals surface area (Å²) >= 11 is 0. The summed E-state index contributed by atoms with van der Waals surface area (Å²) in [5, 5.41) is 0. The third-order valence-electron chi connectivity index (χ3n) is 6.48. The van der Waals surface area contributed by atoms with Crippen molar-refractivity contribution in [2.75, 3.05) is 11.9 Å². The summed E-state index contributed by atoms with van der Waals surface area (Å²) in [6, 6.07) is 8.29. The maximum atomic E-state index is 12.6. The standard InChI is InChI=1S/C21H23NO3/c1-6-9-13-15-17(19(24)25-18(15)23)20(2,3)21(4)16(13)12-10-7-8-11-14(12)22(21)5/h7-8,10-11H,6,9H2,1-5H3/t21-/m1/s1. The van der Waals surface area contributed by atoms with E-state index in [-0.39, 0.29) is 0 Å². The van der Waals surface area contributed by atoms with Crippen molar-refractivity contribution >= 4 is 23.2 Å². The smallest absolute Gasteiger partial charge is 0.346 e. The second-order valence-corrected chi connectivity index (χ2v) is 7.80. The summed E-state index contributed by atoms with van der Waals surface area (Å²) in [6.07, 6.45) is 1.66. The lowest BCUT2D eigenvalue weighted by Crippen LogP contribution is -2.56. The SMILES string of the molecule is CCCC1=C2c3ccccc3N(C)[C@@]2(C)C(C)(C)C2=C1C(=O)OC2=O. The van der Waals surface area contributed by atoms with Crippen LogP contribution in [-0.2, 0) is 14.3 Å². The highest BCUT2D eigenvalue weighted by molar-refractivity contribution is 6.19. The van der Waals surface area contributed by atoms with E-state index in [2.05, 4.69) is 37.9 Å². The summed E-state index contributed by atoms with van der Waals surface area (Å²) in [7, 11) is 2.07. The van der Waals surface area contributed by atoms with E-state index in [9.17, 15) is 9.59 Å². The Hall–Kier alpha value is -2.36. The number of nitrogens with zero attached hydrogens (tertiary/aromatic N) is 1. The summed E-state index contributed by atoms with van der Waals surface area (Å²) in [6.45, 7) is 8.37. The van der Waals surface area contributed by atoms with Crippen molar-refractivity contribution in [3.05, 3.63) is 46.5 Å². The Kier molecular flexibility index (Phi) is 3.12. The zero-order chi connectivity index (χ0) is 18.1. The molecule has 0 saturated heterocycles. The number of carbonyl (C=O) groups excluding carboxylic acids is 2. The molecular formula is C21H23NO3. The monoisotopic (exact) mass is 337 g/mol. The van der Waals surface area contributed by atoms with Crippen LogP contribution in [0, 0.1) is 5.41 Å². The molecule has 4 nitrogen and oxygen atoms in total. The Bertz CT molecular complexity index is 890. The molecule has 1 aromatic rings. The number of esters is 2. The fourth-order valence-corrected chi connectivity index (χ4v) is 4.94. The Morgan fingerprint density at radius 1 is 1.04 bits per heavy atom. The second-order valence-electron chi connectivity index (χ2n) is 7.80. The van der Waals surface area contributed by atoms with Crippen LogP contribution >= 0.6 is 0 Å². The van der Waals surface area contributed by atoms with Crippen LogP contribution in [0.5, 0.6) is 0 Å². The van der Waals surface area contributed by atoms with E-state index in [1.54, 1.807) is 0 Å². The minimum Gasteiger partial charge on any atom is -0.386 e. The fourth-order valence-electron chi connectivity index (χ4n) is 4.94. The van der Waals surface area contributed by atoms with Gasteiger partial charge < -0.3 is 9.64 Å². The molecule has 1 atom stereocenters. The third-order valence-corrected chi connectivity index (χ3v) is 6.48. The molecule has 2 heterocycles. The van der Waals surface area contributed by atoms with Gasteiger partial charge in [-0.3, -0.25) is 0 Å². The van der Waals surface area contributed by atoms with Gasteiger partial charge in [-0.25, -0.2) is 9.59 Å². The molecule has 4 rings (SSSR count). The Morgan fingerprint density at radius 2 is 1.72 bits per heavy atom. The molecule has 0 amide bonds. The minimum atomic E-state index is -0.550. The first kappa shape index (κ1) is 16.1. The first-order chi connectivity index (χ1) is 11.8. The predicted octanol–water partition coefficient (Wildman–Crippen LogP) is 3.87. The number of ether oxygens (including phenoxy) is 1. The molecule has 0 N–H and O–H groups in total. The van der Waals surface area contributed by atoms with Crippen LogP contribution in [0.4, 0.5) is 5.69 Å². The maximum Gasteiger partial charge on any atom is 0.346 e. The van der Waals surface area contributed by atoms with E-state index in [1.807, 2.05) is 26.0 Å². The Morgan fingerprint density at radius 3 is 2.40 bits per heavy atom. The van der Waals surface area contributed by atoms with E-state index >= 15 is 0 Å². The summed E-state index contributed by atoms with van der Waals surface area (Å²) in [4.78, 5) is 27.3. The highest BCUT2D eigenvalue weighted by atomic mass is 16.6. The number of benzene rings is 1. The van der Waals surface area contributed by atoms with Crippen molar-refractivity contribution in [3.63, 3.8) is 0 Å². The molecule has 0 aromatic heterocycles. The molecule has 0 bridgehead atoms. The van der Waals surface area contributed by atoms with Crippen LogP contribution in [0.15, 0.2) is 41.0 Å². The number of fused-ring (bicyclic) bond motifs is 3. The largest absolute Gasteiger partial charge is 0.386 e. The molecule has 1 aromatic carbocycles. The van der Waals surface area contributed by atoms with Gasteiger partial charge in [0, 0.05) is 23.7 Å². The predicted molar refractivity (Wildman–Crippen MR) is 97.0 cm³/mol. The molecule has 4 heteroatoms. The van der Waals surface area contributed by atoms with Crippen molar-refractivity contribution in [2.24, 2.45) is 5.41 Å². The number of cyclic esters (lactones) is 2. The quantitative estimate of drug-likeness (QED) is 0.607. The first-order valence-electron chi connectivity index (χ1n) is 8.85. The number of hydrogen-bond donors (Lipinski definition) is 0. The van der Waals surface area contributed by atoms with Gasteiger partial charge in [-0.05, 0) is 30.6 Å². The van der Waals surface area contributed by atoms with Crippen molar-refractivity contribution < 1.29 is 14.3 Å². The van der Waals surface area contributed by atoms with Crippen molar-refractivity contribution in [2.45, 2.75) is 46.1 Å². The Balaban J connectivity index is 2.15.